The molecule has 0 bridgehead atoms. The SMILES string of the molecule is C[Te]c1cc(-c2ccccc2)cc(-c2ccccc2)n1. The van der Waals surface area contributed by atoms with Gasteiger partial charge < -0.3 is 0 Å². The molecule has 0 atom stereocenters. The number of hydrogen-bond donors (Lipinski definition) is 0. The van der Waals surface area contributed by atoms with E-state index in [1.54, 1.807) is 0 Å². The first-order valence-corrected chi connectivity index (χ1v) is 10.0. The van der Waals surface area contributed by atoms with E-state index in [0.29, 0.717) is 0 Å². The van der Waals surface area contributed by atoms with E-state index in [2.05, 4.69) is 71.7 Å². The van der Waals surface area contributed by atoms with Gasteiger partial charge >= 0.3 is 130 Å². The number of aromatic nitrogens is 1. The molecule has 1 nitrogen and oxygen atoms in total. The van der Waals surface area contributed by atoms with Gasteiger partial charge in [-0.3, -0.25) is 0 Å². The Morgan fingerprint density at radius 2 is 1.30 bits per heavy atom. The zero-order valence-electron chi connectivity index (χ0n) is 11.3. The second-order valence-electron chi connectivity index (χ2n) is 4.52. The van der Waals surface area contributed by atoms with Gasteiger partial charge in [0.25, 0.3) is 0 Å². The molecule has 0 saturated carbocycles. The molecule has 0 aliphatic heterocycles. The average Bonchev–Trinajstić information content (AvgIpc) is 2.56. The van der Waals surface area contributed by atoms with E-state index in [1.807, 2.05) is 6.07 Å². The summed E-state index contributed by atoms with van der Waals surface area (Å²) >= 11 is -0.194. The van der Waals surface area contributed by atoms with Gasteiger partial charge in [-0.2, -0.15) is 0 Å². The standard InChI is InChI=1S/C18H15NTe/c1-20-18-13-16(14-8-4-2-5-9-14)12-17(19-18)15-10-6-3-7-11-15/h2-13H,1H3. The molecular weight excluding hydrogens is 358 g/mol. The Kier molecular flexibility index (Phi) is 4.16. The molecule has 2 aromatic carbocycles. The molecule has 3 rings (SSSR count). The molecule has 0 radical (unpaired) electrons. The Morgan fingerprint density at radius 3 is 1.90 bits per heavy atom. The molecule has 3 aromatic rings. The Morgan fingerprint density at radius 1 is 0.700 bits per heavy atom. The van der Waals surface area contributed by atoms with Crippen molar-refractivity contribution in [3.63, 3.8) is 0 Å². The van der Waals surface area contributed by atoms with E-state index in [4.69, 9.17) is 4.98 Å². The third-order valence-corrected chi connectivity index (χ3v) is 4.98. The van der Waals surface area contributed by atoms with Gasteiger partial charge in [0.05, 0.1) is 0 Å². The Labute approximate surface area is 129 Å². The molecule has 0 fully saturated rings. The van der Waals surface area contributed by atoms with Crippen LogP contribution >= 0.6 is 0 Å². The predicted molar refractivity (Wildman–Crippen MR) is 86.4 cm³/mol. The maximum atomic E-state index is 4.81. The summed E-state index contributed by atoms with van der Waals surface area (Å²) in [7, 11) is 0. The van der Waals surface area contributed by atoms with Crippen LogP contribution in [0.3, 0.4) is 0 Å². The molecule has 98 valence electrons. The number of rotatable bonds is 3. The minimum atomic E-state index is -0.194. The molecule has 0 aliphatic carbocycles. The molecule has 0 aliphatic rings. The van der Waals surface area contributed by atoms with Gasteiger partial charge in [-0.1, -0.05) is 0 Å². The summed E-state index contributed by atoms with van der Waals surface area (Å²) < 4.78 is 1.26. The minimum absolute atomic E-state index is 0.194. The summed E-state index contributed by atoms with van der Waals surface area (Å²) in [5.41, 5.74) is 4.79. The van der Waals surface area contributed by atoms with Crippen molar-refractivity contribution in [1.29, 1.82) is 0 Å². The molecule has 1 aromatic heterocycles. The molecule has 0 N–H and O–H groups in total. The number of benzene rings is 2. The Hall–Kier alpha value is -1.62. The van der Waals surface area contributed by atoms with Gasteiger partial charge in [-0.15, -0.1) is 0 Å². The quantitative estimate of drug-likeness (QED) is 0.637. The van der Waals surface area contributed by atoms with E-state index in [0.717, 1.165) is 5.69 Å². The zero-order valence-corrected chi connectivity index (χ0v) is 13.6. The normalized spacial score (nSPS) is 10.4. The first-order chi connectivity index (χ1) is 9.86. The fourth-order valence-electron chi connectivity index (χ4n) is 2.16. The summed E-state index contributed by atoms with van der Waals surface area (Å²) in [6, 6.07) is 25.4. The van der Waals surface area contributed by atoms with Gasteiger partial charge in [0.1, 0.15) is 0 Å². The second-order valence-corrected chi connectivity index (χ2v) is 6.87. The molecular formula is C18H15NTe. The zero-order chi connectivity index (χ0) is 13.8. The summed E-state index contributed by atoms with van der Waals surface area (Å²) in [4.78, 5) is 7.08. The van der Waals surface area contributed by atoms with Crippen LogP contribution in [0.15, 0.2) is 72.8 Å². The van der Waals surface area contributed by atoms with E-state index in [-0.39, 0.29) is 20.9 Å². The third kappa shape index (κ3) is 2.93. The average molecular weight is 373 g/mol. The van der Waals surface area contributed by atoms with Crippen molar-refractivity contribution in [1.82, 2.24) is 4.98 Å². The van der Waals surface area contributed by atoms with Crippen LogP contribution in [0, 0.1) is 0 Å². The van der Waals surface area contributed by atoms with Gasteiger partial charge in [0.15, 0.2) is 0 Å². The summed E-state index contributed by atoms with van der Waals surface area (Å²) in [6.07, 6.45) is 0. The fourth-order valence-corrected chi connectivity index (χ4v) is 3.40. The summed E-state index contributed by atoms with van der Waals surface area (Å²) in [6.45, 7) is 0. The van der Waals surface area contributed by atoms with Crippen LogP contribution in [0.4, 0.5) is 0 Å². The van der Waals surface area contributed by atoms with Crippen molar-refractivity contribution in [2.45, 2.75) is 4.97 Å². The van der Waals surface area contributed by atoms with Crippen LogP contribution in [-0.4, -0.2) is 25.9 Å². The predicted octanol–water partition coefficient (Wildman–Crippen LogP) is 3.79. The Bertz CT molecular complexity index is 635. The molecule has 2 heteroatoms. The summed E-state index contributed by atoms with van der Waals surface area (Å²) in [5, 5.41) is 0. The van der Waals surface area contributed by atoms with Crippen LogP contribution in [0.1, 0.15) is 0 Å². The van der Waals surface area contributed by atoms with E-state index in [9.17, 15) is 0 Å². The van der Waals surface area contributed by atoms with Crippen molar-refractivity contribution in [3.8, 4) is 22.4 Å². The van der Waals surface area contributed by atoms with E-state index in [1.165, 1.54) is 20.4 Å². The summed E-state index contributed by atoms with van der Waals surface area (Å²) in [5.74, 6) is 0. The van der Waals surface area contributed by atoms with Crippen LogP contribution in [0.2, 0.25) is 4.97 Å². The third-order valence-electron chi connectivity index (χ3n) is 3.19. The van der Waals surface area contributed by atoms with Crippen LogP contribution in [-0.2, 0) is 0 Å². The van der Waals surface area contributed by atoms with Crippen molar-refractivity contribution < 1.29 is 0 Å². The number of pyridine rings is 1. The molecule has 20 heavy (non-hydrogen) atoms. The van der Waals surface area contributed by atoms with Crippen molar-refractivity contribution in [3.05, 3.63) is 72.8 Å². The second kappa shape index (κ2) is 6.22. The van der Waals surface area contributed by atoms with Crippen LogP contribution < -0.4 is 3.74 Å². The molecule has 0 amide bonds. The van der Waals surface area contributed by atoms with E-state index >= 15 is 0 Å². The first-order valence-electron chi connectivity index (χ1n) is 6.54. The van der Waals surface area contributed by atoms with Gasteiger partial charge in [0, 0.05) is 0 Å². The molecule has 0 saturated heterocycles. The van der Waals surface area contributed by atoms with Gasteiger partial charge in [-0.25, -0.2) is 0 Å². The van der Waals surface area contributed by atoms with Crippen molar-refractivity contribution in [2.75, 3.05) is 0 Å². The number of hydrogen-bond acceptors (Lipinski definition) is 1. The molecule has 0 unspecified atom stereocenters. The van der Waals surface area contributed by atoms with E-state index < -0.39 is 0 Å². The van der Waals surface area contributed by atoms with Crippen LogP contribution in [0.25, 0.3) is 22.4 Å². The monoisotopic (exact) mass is 375 g/mol. The van der Waals surface area contributed by atoms with Gasteiger partial charge in [-0.05, 0) is 0 Å². The van der Waals surface area contributed by atoms with Crippen molar-refractivity contribution in [2.24, 2.45) is 0 Å². The molecule has 0 spiro atoms. The number of nitrogens with zero attached hydrogens (tertiary/aromatic N) is 1. The molecule has 1 heterocycles. The maximum absolute atomic E-state index is 4.81. The van der Waals surface area contributed by atoms with Gasteiger partial charge in [0.2, 0.25) is 0 Å². The Balaban J connectivity index is 2.13. The first kappa shape index (κ1) is 13.4. The topological polar surface area (TPSA) is 12.9 Å². The van der Waals surface area contributed by atoms with Crippen LogP contribution in [0.5, 0.6) is 0 Å². The van der Waals surface area contributed by atoms with Crippen molar-refractivity contribution >= 4 is 24.7 Å². The fraction of sp³-hybridized carbons (Fsp3) is 0.0556.